The summed E-state index contributed by atoms with van der Waals surface area (Å²) in [7, 11) is -3.15. The number of sulfonamides is 1. The molecule has 16 heavy (non-hydrogen) atoms. The van der Waals surface area contributed by atoms with E-state index in [-0.39, 0.29) is 17.6 Å². The number of nitrogens with zero attached hydrogens (tertiary/aromatic N) is 1. The zero-order valence-electron chi connectivity index (χ0n) is 9.90. The van der Waals surface area contributed by atoms with Gasteiger partial charge < -0.3 is 5.32 Å². The highest BCUT2D eigenvalue weighted by atomic mass is 32.2. The third-order valence-electron chi connectivity index (χ3n) is 2.86. The zero-order valence-corrected chi connectivity index (χ0v) is 10.7. The number of carbonyl (C=O) groups is 1. The summed E-state index contributed by atoms with van der Waals surface area (Å²) in [6, 6.07) is 0. The van der Waals surface area contributed by atoms with Gasteiger partial charge >= 0.3 is 0 Å². The van der Waals surface area contributed by atoms with Crippen LogP contribution in [-0.2, 0) is 14.8 Å². The molecule has 0 aromatic rings. The topological polar surface area (TPSA) is 66.5 Å². The molecule has 0 bridgehead atoms. The molecule has 1 rings (SSSR count). The number of nitrogens with one attached hydrogen (secondary N) is 1. The standard InChI is InChI=1S/C10H20N2O3S/c1-3-11-10(13)9-6-5-7-12(8-9)16(14,15)4-2/h9H,3-8H2,1-2H3,(H,11,13)/t9-/m0/s1. The Kier molecular flexibility index (Phi) is 4.73. The summed E-state index contributed by atoms with van der Waals surface area (Å²) >= 11 is 0. The Balaban J connectivity index is 2.64. The van der Waals surface area contributed by atoms with E-state index in [0.717, 1.165) is 12.8 Å². The lowest BCUT2D eigenvalue weighted by atomic mass is 9.99. The van der Waals surface area contributed by atoms with Gasteiger partial charge in [0.15, 0.2) is 0 Å². The number of rotatable bonds is 4. The molecule has 1 saturated heterocycles. The molecule has 6 heteroatoms. The Labute approximate surface area is 97.2 Å². The minimum atomic E-state index is -3.15. The van der Waals surface area contributed by atoms with Crippen molar-refractivity contribution in [3.63, 3.8) is 0 Å². The molecule has 1 amide bonds. The Morgan fingerprint density at radius 3 is 2.69 bits per heavy atom. The number of hydrogen-bond acceptors (Lipinski definition) is 3. The zero-order chi connectivity index (χ0) is 12.2. The molecule has 94 valence electrons. The van der Waals surface area contributed by atoms with Gasteiger partial charge in [-0.15, -0.1) is 0 Å². The molecule has 1 aliphatic heterocycles. The van der Waals surface area contributed by atoms with E-state index in [1.54, 1.807) is 6.92 Å². The molecule has 0 aliphatic carbocycles. The van der Waals surface area contributed by atoms with Gasteiger partial charge in [-0.2, -0.15) is 0 Å². The number of amides is 1. The van der Waals surface area contributed by atoms with Gasteiger partial charge in [0.2, 0.25) is 15.9 Å². The predicted molar refractivity (Wildman–Crippen MR) is 62.4 cm³/mol. The molecule has 0 aromatic carbocycles. The van der Waals surface area contributed by atoms with E-state index >= 15 is 0 Å². The normalized spacial score (nSPS) is 23.0. The fourth-order valence-corrected chi connectivity index (χ4v) is 3.09. The molecule has 0 saturated carbocycles. The van der Waals surface area contributed by atoms with Crippen LogP contribution in [0.1, 0.15) is 26.7 Å². The van der Waals surface area contributed by atoms with E-state index in [0.29, 0.717) is 19.6 Å². The van der Waals surface area contributed by atoms with Crippen LogP contribution in [-0.4, -0.2) is 44.0 Å². The van der Waals surface area contributed by atoms with Crippen molar-refractivity contribution in [1.82, 2.24) is 9.62 Å². The lowest BCUT2D eigenvalue weighted by Crippen LogP contribution is -2.45. The van der Waals surface area contributed by atoms with Crippen molar-refractivity contribution in [2.75, 3.05) is 25.4 Å². The molecule has 0 aromatic heterocycles. The van der Waals surface area contributed by atoms with Crippen LogP contribution in [0.2, 0.25) is 0 Å². The summed E-state index contributed by atoms with van der Waals surface area (Å²) in [5.74, 6) is -0.108. The summed E-state index contributed by atoms with van der Waals surface area (Å²) in [5.41, 5.74) is 0. The summed E-state index contributed by atoms with van der Waals surface area (Å²) in [6.45, 7) is 4.97. The molecule has 1 aliphatic rings. The van der Waals surface area contributed by atoms with Gasteiger partial charge in [0.25, 0.3) is 0 Å². The van der Waals surface area contributed by atoms with Gasteiger partial charge in [0.1, 0.15) is 0 Å². The van der Waals surface area contributed by atoms with E-state index in [9.17, 15) is 13.2 Å². The number of carbonyl (C=O) groups excluding carboxylic acids is 1. The number of piperidine rings is 1. The highest BCUT2D eigenvalue weighted by Crippen LogP contribution is 2.19. The minimum absolute atomic E-state index is 0.0292. The first-order chi connectivity index (χ1) is 7.51. The average molecular weight is 248 g/mol. The monoisotopic (exact) mass is 248 g/mol. The van der Waals surface area contributed by atoms with Crippen LogP contribution in [0.5, 0.6) is 0 Å². The number of hydrogen-bond donors (Lipinski definition) is 1. The van der Waals surface area contributed by atoms with E-state index in [1.807, 2.05) is 6.92 Å². The molecule has 1 heterocycles. The van der Waals surface area contributed by atoms with Crippen LogP contribution < -0.4 is 5.32 Å². The predicted octanol–water partition coefficient (Wildman–Crippen LogP) is 0.184. The summed E-state index contributed by atoms with van der Waals surface area (Å²) in [4.78, 5) is 11.6. The van der Waals surface area contributed by atoms with E-state index < -0.39 is 10.0 Å². The molecule has 0 spiro atoms. The lowest BCUT2D eigenvalue weighted by molar-refractivity contribution is -0.125. The Bertz CT molecular complexity index is 340. The van der Waals surface area contributed by atoms with E-state index in [4.69, 9.17) is 0 Å². The molecule has 1 fully saturated rings. The van der Waals surface area contributed by atoms with Gasteiger partial charge in [-0.25, -0.2) is 12.7 Å². The van der Waals surface area contributed by atoms with Gasteiger partial charge in [-0.05, 0) is 26.7 Å². The van der Waals surface area contributed by atoms with Crippen molar-refractivity contribution < 1.29 is 13.2 Å². The Morgan fingerprint density at radius 1 is 1.44 bits per heavy atom. The Morgan fingerprint density at radius 2 is 2.12 bits per heavy atom. The SMILES string of the molecule is CCNC(=O)[C@H]1CCCN(S(=O)(=O)CC)C1. The fraction of sp³-hybridized carbons (Fsp3) is 0.900. The van der Waals surface area contributed by atoms with Gasteiger partial charge in [0.05, 0.1) is 11.7 Å². The highest BCUT2D eigenvalue weighted by molar-refractivity contribution is 7.89. The molecule has 1 atom stereocenters. The average Bonchev–Trinajstić information content (AvgIpc) is 2.29. The highest BCUT2D eigenvalue weighted by Gasteiger charge is 2.30. The fourth-order valence-electron chi connectivity index (χ4n) is 1.91. The minimum Gasteiger partial charge on any atom is -0.356 e. The van der Waals surface area contributed by atoms with Crippen molar-refractivity contribution in [1.29, 1.82) is 0 Å². The van der Waals surface area contributed by atoms with Crippen LogP contribution in [0.25, 0.3) is 0 Å². The summed E-state index contributed by atoms with van der Waals surface area (Å²) in [5, 5.41) is 2.74. The van der Waals surface area contributed by atoms with Crippen LogP contribution in [0.4, 0.5) is 0 Å². The maximum absolute atomic E-state index is 11.7. The molecule has 1 N–H and O–H groups in total. The molecule has 0 radical (unpaired) electrons. The second-order valence-corrected chi connectivity index (χ2v) is 6.25. The van der Waals surface area contributed by atoms with Crippen LogP contribution in [0, 0.1) is 5.92 Å². The van der Waals surface area contributed by atoms with Crippen molar-refractivity contribution in [3.8, 4) is 0 Å². The second-order valence-electron chi connectivity index (χ2n) is 3.99. The first-order valence-corrected chi connectivity index (χ1v) is 7.37. The molecular formula is C10H20N2O3S. The van der Waals surface area contributed by atoms with E-state index in [1.165, 1.54) is 4.31 Å². The maximum Gasteiger partial charge on any atom is 0.224 e. The van der Waals surface area contributed by atoms with Gasteiger partial charge in [-0.3, -0.25) is 4.79 Å². The summed E-state index contributed by atoms with van der Waals surface area (Å²) < 4.78 is 24.8. The van der Waals surface area contributed by atoms with E-state index in [2.05, 4.69) is 5.32 Å². The first-order valence-electron chi connectivity index (χ1n) is 5.76. The van der Waals surface area contributed by atoms with Gasteiger partial charge in [0, 0.05) is 19.6 Å². The first kappa shape index (κ1) is 13.4. The lowest BCUT2D eigenvalue weighted by Gasteiger charge is -2.30. The van der Waals surface area contributed by atoms with Crippen molar-refractivity contribution in [2.24, 2.45) is 5.92 Å². The largest absolute Gasteiger partial charge is 0.356 e. The molecule has 0 unspecified atom stereocenters. The van der Waals surface area contributed by atoms with Crippen molar-refractivity contribution >= 4 is 15.9 Å². The quantitative estimate of drug-likeness (QED) is 0.772. The molecule has 5 nitrogen and oxygen atoms in total. The second kappa shape index (κ2) is 5.63. The third-order valence-corrected chi connectivity index (χ3v) is 4.71. The Hall–Kier alpha value is -0.620. The summed E-state index contributed by atoms with van der Waals surface area (Å²) in [6.07, 6.45) is 1.54. The van der Waals surface area contributed by atoms with Crippen LogP contribution in [0.3, 0.4) is 0 Å². The van der Waals surface area contributed by atoms with Crippen molar-refractivity contribution in [2.45, 2.75) is 26.7 Å². The molecular weight excluding hydrogens is 228 g/mol. The van der Waals surface area contributed by atoms with Crippen molar-refractivity contribution in [3.05, 3.63) is 0 Å². The van der Waals surface area contributed by atoms with Crippen LogP contribution >= 0.6 is 0 Å². The van der Waals surface area contributed by atoms with Gasteiger partial charge in [-0.1, -0.05) is 0 Å². The maximum atomic E-state index is 11.7. The smallest absolute Gasteiger partial charge is 0.224 e. The van der Waals surface area contributed by atoms with Crippen LogP contribution in [0.15, 0.2) is 0 Å². The third kappa shape index (κ3) is 3.18.